The molecule has 0 fully saturated rings. The summed E-state index contributed by atoms with van der Waals surface area (Å²) in [7, 11) is 2.97. The van der Waals surface area contributed by atoms with E-state index in [0.717, 1.165) is 4.90 Å². The number of rotatable bonds is 9. The van der Waals surface area contributed by atoms with Gasteiger partial charge in [-0.25, -0.2) is 4.79 Å². The molecule has 3 aromatic carbocycles. The third-order valence-electron chi connectivity index (χ3n) is 4.83. The maximum Gasteiger partial charge on any atom is 0.335 e. The number of ether oxygens (including phenoxy) is 2. The summed E-state index contributed by atoms with van der Waals surface area (Å²) in [5.74, 6) is -0.885. The molecule has 3 aromatic rings. The van der Waals surface area contributed by atoms with Crippen molar-refractivity contribution in [2.75, 3.05) is 24.9 Å². The van der Waals surface area contributed by atoms with Gasteiger partial charge in [0.15, 0.2) is 0 Å². The molecule has 9 heteroatoms. The molecule has 1 atom stereocenters. The highest BCUT2D eigenvalue weighted by Gasteiger charge is 2.19. The molecule has 0 heterocycles. The third kappa shape index (κ3) is 6.08. The summed E-state index contributed by atoms with van der Waals surface area (Å²) in [6.45, 7) is 1.75. The second kappa shape index (κ2) is 11.2. The quantitative estimate of drug-likeness (QED) is 0.378. The van der Waals surface area contributed by atoms with Gasteiger partial charge >= 0.3 is 5.97 Å². The zero-order valence-electron chi connectivity index (χ0n) is 18.8. The van der Waals surface area contributed by atoms with E-state index in [1.165, 1.54) is 38.1 Å². The van der Waals surface area contributed by atoms with Crippen LogP contribution in [-0.4, -0.2) is 42.4 Å². The van der Waals surface area contributed by atoms with E-state index < -0.39 is 11.2 Å². The smallest absolute Gasteiger partial charge is 0.335 e. The summed E-state index contributed by atoms with van der Waals surface area (Å²) < 4.78 is 10.6. The number of carboxylic acid groups (broad SMARTS) is 1. The van der Waals surface area contributed by atoms with Crippen molar-refractivity contribution >= 4 is 40.9 Å². The average molecular weight is 481 g/mol. The fraction of sp³-hybridized carbons (Fsp3) is 0.160. The molecule has 34 heavy (non-hydrogen) atoms. The van der Waals surface area contributed by atoms with E-state index in [1.54, 1.807) is 61.5 Å². The van der Waals surface area contributed by atoms with E-state index >= 15 is 0 Å². The normalized spacial score (nSPS) is 11.3. The van der Waals surface area contributed by atoms with Crippen molar-refractivity contribution < 1.29 is 29.0 Å². The molecule has 2 amide bonds. The maximum atomic E-state index is 12.8. The number of carbonyl (C=O) groups excluding carboxylic acids is 2. The Bertz CT molecular complexity index is 1170. The van der Waals surface area contributed by atoms with Crippen molar-refractivity contribution in [2.45, 2.75) is 17.1 Å². The fourth-order valence-electron chi connectivity index (χ4n) is 3.12. The number of carboxylic acids is 1. The zero-order valence-corrected chi connectivity index (χ0v) is 19.6. The van der Waals surface area contributed by atoms with Crippen LogP contribution in [0, 0.1) is 0 Å². The van der Waals surface area contributed by atoms with E-state index in [4.69, 9.17) is 14.6 Å². The molecule has 8 nitrogen and oxygen atoms in total. The van der Waals surface area contributed by atoms with E-state index in [1.807, 2.05) is 0 Å². The van der Waals surface area contributed by atoms with Gasteiger partial charge in [0.25, 0.3) is 5.91 Å². The number of amides is 2. The van der Waals surface area contributed by atoms with E-state index in [0.29, 0.717) is 28.4 Å². The minimum atomic E-state index is -1.06. The molecule has 0 aliphatic heterocycles. The second-order valence-corrected chi connectivity index (χ2v) is 8.57. The Morgan fingerprint density at radius 1 is 0.853 bits per heavy atom. The number of anilines is 2. The molecule has 3 N–H and O–H groups in total. The molecule has 176 valence electrons. The number of hydrogen-bond acceptors (Lipinski definition) is 6. The van der Waals surface area contributed by atoms with Crippen LogP contribution in [0.1, 0.15) is 27.6 Å². The summed E-state index contributed by atoms with van der Waals surface area (Å²) in [6.07, 6.45) is 0. The van der Waals surface area contributed by atoms with Crippen molar-refractivity contribution in [3.63, 3.8) is 0 Å². The van der Waals surface area contributed by atoms with Gasteiger partial charge in [0.05, 0.1) is 25.0 Å². The Morgan fingerprint density at radius 2 is 1.47 bits per heavy atom. The van der Waals surface area contributed by atoms with Crippen molar-refractivity contribution in [3.8, 4) is 11.5 Å². The van der Waals surface area contributed by atoms with Gasteiger partial charge in [-0.05, 0) is 61.5 Å². The predicted octanol–water partition coefficient (Wildman–Crippen LogP) is 4.77. The van der Waals surface area contributed by atoms with Crippen LogP contribution in [-0.2, 0) is 4.79 Å². The summed E-state index contributed by atoms with van der Waals surface area (Å²) in [5.41, 5.74) is 1.39. The number of aromatic carboxylic acids is 1. The lowest BCUT2D eigenvalue weighted by Crippen LogP contribution is -2.22. The van der Waals surface area contributed by atoms with E-state index in [2.05, 4.69) is 10.6 Å². The minimum Gasteiger partial charge on any atom is -0.496 e. The van der Waals surface area contributed by atoms with Crippen LogP contribution in [0.25, 0.3) is 0 Å². The van der Waals surface area contributed by atoms with Gasteiger partial charge in [0.1, 0.15) is 17.1 Å². The maximum absolute atomic E-state index is 12.8. The molecular weight excluding hydrogens is 456 g/mol. The number of thioether (sulfide) groups is 1. The largest absolute Gasteiger partial charge is 0.496 e. The molecule has 1 unspecified atom stereocenters. The number of nitrogens with one attached hydrogen (secondary N) is 2. The average Bonchev–Trinajstić information content (AvgIpc) is 2.84. The van der Waals surface area contributed by atoms with Crippen molar-refractivity contribution in [2.24, 2.45) is 0 Å². The lowest BCUT2D eigenvalue weighted by Gasteiger charge is -2.14. The highest BCUT2D eigenvalue weighted by Crippen LogP contribution is 2.30. The topological polar surface area (TPSA) is 114 Å². The Hall–Kier alpha value is -3.98. The Morgan fingerprint density at radius 3 is 2.06 bits per heavy atom. The van der Waals surface area contributed by atoms with Crippen LogP contribution in [0.3, 0.4) is 0 Å². The second-order valence-electron chi connectivity index (χ2n) is 7.15. The first kappa shape index (κ1) is 24.7. The summed E-state index contributed by atoms with van der Waals surface area (Å²) in [5, 5.41) is 14.2. The monoisotopic (exact) mass is 480 g/mol. The number of hydrogen-bond donors (Lipinski definition) is 3. The lowest BCUT2D eigenvalue weighted by atomic mass is 10.1. The van der Waals surface area contributed by atoms with Gasteiger partial charge < -0.3 is 25.2 Å². The molecule has 0 aliphatic rings. The van der Waals surface area contributed by atoms with Gasteiger partial charge in [0, 0.05) is 16.3 Å². The first-order valence-electron chi connectivity index (χ1n) is 10.3. The number of benzene rings is 3. The SMILES string of the molecule is COc1cccc(OC)c1C(=O)Nc1ccc(SC(C)C(=O)Nc2cccc(C(=O)O)c2)cc1. The standard InChI is InChI=1S/C25H24N2O6S/c1-15(23(28)27-18-7-4-6-16(14-18)25(30)31)34-19-12-10-17(11-13-19)26-24(29)22-20(32-2)8-5-9-21(22)33-3/h4-15H,1-3H3,(H,26,29)(H,27,28)(H,30,31). The van der Waals surface area contributed by atoms with E-state index in [-0.39, 0.29) is 17.4 Å². The van der Waals surface area contributed by atoms with Crippen LogP contribution < -0.4 is 20.1 Å². The number of carbonyl (C=O) groups is 3. The van der Waals surface area contributed by atoms with Gasteiger partial charge in [-0.2, -0.15) is 0 Å². The Labute approximate surface area is 201 Å². The minimum absolute atomic E-state index is 0.0986. The molecule has 0 saturated carbocycles. The first-order valence-corrected chi connectivity index (χ1v) is 11.1. The lowest BCUT2D eigenvalue weighted by molar-refractivity contribution is -0.115. The third-order valence-corrected chi connectivity index (χ3v) is 5.94. The van der Waals surface area contributed by atoms with Crippen LogP contribution in [0.15, 0.2) is 71.6 Å². The van der Waals surface area contributed by atoms with Crippen LogP contribution in [0.5, 0.6) is 11.5 Å². The van der Waals surface area contributed by atoms with Gasteiger partial charge in [-0.15, -0.1) is 11.8 Å². The molecule has 0 aromatic heterocycles. The molecule has 0 radical (unpaired) electrons. The van der Waals surface area contributed by atoms with Crippen LogP contribution in [0.4, 0.5) is 11.4 Å². The Kier molecular flexibility index (Phi) is 8.15. The van der Waals surface area contributed by atoms with Crippen molar-refractivity contribution in [3.05, 3.63) is 77.9 Å². The van der Waals surface area contributed by atoms with Gasteiger partial charge in [-0.1, -0.05) is 12.1 Å². The molecule has 0 saturated heterocycles. The van der Waals surface area contributed by atoms with Gasteiger partial charge in [-0.3, -0.25) is 9.59 Å². The Balaban J connectivity index is 1.62. The van der Waals surface area contributed by atoms with E-state index in [9.17, 15) is 14.4 Å². The zero-order chi connectivity index (χ0) is 24.7. The fourth-order valence-corrected chi connectivity index (χ4v) is 3.98. The van der Waals surface area contributed by atoms with Crippen LogP contribution >= 0.6 is 11.8 Å². The predicted molar refractivity (Wildman–Crippen MR) is 131 cm³/mol. The summed E-state index contributed by atoms with van der Waals surface area (Å²) >= 11 is 1.34. The highest BCUT2D eigenvalue weighted by molar-refractivity contribution is 8.00. The molecule has 3 rings (SSSR count). The van der Waals surface area contributed by atoms with Crippen molar-refractivity contribution in [1.29, 1.82) is 0 Å². The molecular formula is C25H24N2O6S. The highest BCUT2D eigenvalue weighted by atomic mass is 32.2. The van der Waals surface area contributed by atoms with Crippen LogP contribution in [0.2, 0.25) is 0 Å². The molecule has 0 spiro atoms. The van der Waals surface area contributed by atoms with Crippen molar-refractivity contribution in [1.82, 2.24) is 0 Å². The van der Waals surface area contributed by atoms with Gasteiger partial charge in [0.2, 0.25) is 5.91 Å². The number of methoxy groups -OCH3 is 2. The summed E-state index contributed by atoms with van der Waals surface area (Å²) in [4.78, 5) is 37.3. The molecule has 0 bridgehead atoms. The molecule has 0 aliphatic carbocycles. The summed E-state index contributed by atoms with van der Waals surface area (Å²) in [6, 6.07) is 18.3. The first-order chi connectivity index (χ1) is 16.3.